The fourth-order valence-corrected chi connectivity index (χ4v) is 3.09. The van der Waals surface area contributed by atoms with Crippen LogP contribution in [0, 0.1) is 23.0 Å². The van der Waals surface area contributed by atoms with Crippen LogP contribution in [0.3, 0.4) is 0 Å². The number of nitriles is 1. The predicted molar refractivity (Wildman–Crippen MR) is 107 cm³/mol. The van der Waals surface area contributed by atoms with E-state index in [1.165, 1.54) is 24.3 Å². The van der Waals surface area contributed by atoms with Gasteiger partial charge in [0.15, 0.2) is 0 Å². The van der Waals surface area contributed by atoms with E-state index in [9.17, 15) is 13.6 Å². The van der Waals surface area contributed by atoms with Gasteiger partial charge in [0.25, 0.3) is 0 Å². The highest BCUT2D eigenvalue weighted by molar-refractivity contribution is 5.76. The molecule has 146 valence electrons. The first-order chi connectivity index (χ1) is 14.0. The first-order valence-corrected chi connectivity index (χ1v) is 9.29. The third kappa shape index (κ3) is 5.98. The molecule has 3 nitrogen and oxygen atoms in total. The molecule has 0 aliphatic rings. The number of carbonyl (C=O) groups is 1. The van der Waals surface area contributed by atoms with Crippen molar-refractivity contribution < 1.29 is 13.6 Å². The van der Waals surface area contributed by atoms with E-state index in [0.717, 1.165) is 11.1 Å². The summed E-state index contributed by atoms with van der Waals surface area (Å²) in [7, 11) is 0. The summed E-state index contributed by atoms with van der Waals surface area (Å²) < 4.78 is 26.9. The van der Waals surface area contributed by atoms with Crippen LogP contribution in [0.25, 0.3) is 0 Å². The van der Waals surface area contributed by atoms with Crippen molar-refractivity contribution in [3.63, 3.8) is 0 Å². The van der Waals surface area contributed by atoms with Gasteiger partial charge in [-0.1, -0.05) is 36.4 Å². The summed E-state index contributed by atoms with van der Waals surface area (Å²) in [5, 5.41) is 8.94. The zero-order valence-corrected chi connectivity index (χ0v) is 15.8. The van der Waals surface area contributed by atoms with Gasteiger partial charge in [0.2, 0.25) is 5.91 Å². The van der Waals surface area contributed by atoms with Gasteiger partial charge < -0.3 is 4.90 Å². The monoisotopic (exact) mass is 390 g/mol. The summed E-state index contributed by atoms with van der Waals surface area (Å²) in [6.07, 6.45) is 0.638. The van der Waals surface area contributed by atoms with Crippen molar-refractivity contribution in [2.45, 2.75) is 25.9 Å². The van der Waals surface area contributed by atoms with E-state index in [4.69, 9.17) is 5.26 Å². The molecule has 5 heteroatoms. The minimum atomic E-state index is -0.354. The first kappa shape index (κ1) is 20.2. The molecule has 29 heavy (non-hydrogen) atoms. The lowest BCUT2D eigenvalue weighted by Crippen LogP contribution is -2.30. The standard InChI is InChI=1S/C24H20F2N2O/c25-22-5-1-3-18(13-22)11-12-24(29)28(17-21-4-2-6-23(26)14-21)16-20-9-7-19(15-27)8-10-20/h1-10,13-14H,11-12,16-17H2. The van der Waals surface area contributed by atoms with Gasteiger partial charge in [-0.25, -0.2) is 8.78 Å². The Bertz CT molecular complexity index is 1030. The minimum absolute atomic E-state index is 0.108. The van der Waals surface area contributed by atoms with Crippen molar-refractivity contribution >= 4 is 5.91 Å². The number of aryl methyl sites for hydroxylation is 1. The number of amides is 1. The lowest BCUT2D eigenvalue weighted by Gasteiger charge is -2.23. The predicted octanol–water partition coefficient (Wildman–Crippen LogP) is 5.00. The second-order valence-corrected chi connectivity index (χ2v) is 6.82. The highest BCUT2D eigenvalue weighted by Gasteiger charge is 2.15. The third-order valence-corrected chi connectivity index (χ3v) is 4.59. The van der Waals surface area contributed by atoms with Gasteiger partial charge in [-0.3, -0.25) is 4.79 Å². The molecule has 0 aliphatic carbocycles. The van der Waals surface area contributed by atoms with Crippen LogP contribution < -0.4 is 0 Å². The minimum Gasteiger partial charge on any atom is -0.334 e. The topological polar surface area (TPSA) is 44.1 Å². The largest absolute Gasteiger partial charge is 0.334 e. The highest BCUT2D eigenvalue weighted by Crippen LogP contribution is 2.15. The summed E-state index contributed by atoms with van der Waals surface area (Å²) in [5.74, 6) is -0.792. The van der Waals surface area contributed by atoms with Gasteiger partial charge in [0, 0.05) is 19.5 Å². The van der Waals surface area contributed by atoms with Crippen molar-refractivity contribution in [3.8, 4) is 6.07 Å². The number of benzene rings is 3. The molecule has 0 heterocycles. The number of carbonyl (C=O) groups excluding carboxylic acids is 1. The van der Waals surface area contributed by atoms with Crippen molar-refractivity contribution in [1.29, 1.82) is 5.26 Å². The summed E-state index contributed by atoms with van der Waals surface area (Å²) in [6.45, 7) is 0.601. The van der Waals surface area contributed by atoms with E-state index in [1.54, 1.807) is 53.4 Å². The van der Waals surface area contributed by atoms with Gasteiger partial charge >= 0.3 is 0 Å². The Labute approximate surface area is 168 Å². The van der Waals surface area contributed by atoms with Gasteiger partial charge in [-0.05, 0) is 59.5 Å². The SMILES string of the molecule is N#Cc1ccc(CN(Cc2cccc(F)c2)C(=O)CCc2cccc(F)c2)cc1. The molecule has 0 aliphatic heterocycles. The van der Waals surface area contributed by atoms with Crippen LogP contribution in [0.1, 0.15) is 28.7 Å². The highest BCUT2D eigenvalue weighted by atomic mass is 19.1. The number of rotatable bonds is 7. The Morgan fingerprint density at radius 1 is 0.828 bits per heavy atom. The van der Waals surface area contributed by atoms with Crippen molar-refractivity contribution in [3.05, 3.63) is 107 Å². The zero-order chi connectivity index (χ0) is 20.6. The Morgan fingerprint density at radius 2 is 1.41 bits per heavy atom. The molecule has 3 aromatic rings. The van der Waals surface area contributed by atoms with E-state index in [2.05, 4.69) is 6.07 Å². The molecule has 3 rings (SSSR count). The normalized spacial score (nSPS) is 10.4. The van der Waals surface area contributed by atoms with Gasteiger partial charge in [0.1, 0.15) is 11.6 Å². The third-order valence-electron chi connectivity index (χ3n) is 4.59. The zero-order valence-electron chi connectivity index (χ0n) is 15.8. The smallest absolute Gasteiger partial charge is 0.223 e. The maximum absolute atomic E-state index is 13.6. The molecule has 0 aromatic heterocycles. The van der Waals surface area contributed by atoms with Crippen LogP contribution >= 0.6 is 0 Å². The van der Waals surface area contributed by atoms with Crippen LogP contribution in [0.15, 0.2) is 72.8 Å². The van der Waals surface area contributed by atoms with E-state index in [1.807, 2.05) is 0 Å². The molecule has 0 atom stereocenters. The molecule has 1 amide bonds. The fourth-order valence-electron chi connectivity index (χ4n) is 3.09. The molecule has 0 unspecified atom stereocenters. The molecule has 0 N–H and O–H groups in total. The van der Waals surface area contributed by atoms with E-state index in [0.29, 0.717) is 24.1 Å². The Hall–Kier alpha value is -3.52. The van der Waals surface area contributed by atoms with Gasteiger partial charge in [-0.2, -0.15) is 5.26 Å². The molecule has 0 bridgehead atoms. The quantitative estimate of drug-likeness (QED) is 0.570. The maximum Gasteiger partial charge on any atom is 0.223 e. The van der Waals surface area contributed by atoms with Crippen LogP contribution in [0.4, 0.5) is 8.78 Å². The molecular formula is C24H20F2N2O. The number of halogens is 2. The maximum atomic E-state index is 13.6. The van der Waals surface area contributed by atoms with Crippen molar-refractivity contribution in [1.82, 2.24) is 4.90 Å². The molecule has 0 spiro atoms. The number of hydrogen-bond donors (Lipinski definition) is 0. The first-order valence-electron chi connectivity index (χ1n) is 9.29. The number of hydrogen-bond acceptors (Lipinski definition) is 2. The molecule has 0 saturated carbocycles. The van der Waals surface area contributed by atoms with Crippen molar-refractivity contribution in [2.75, 3.05) is 0 Å². The van der Waals surface area contributed by atoms with Crippen LogP contribution in [0.5, 0.6) is 0 Å². The molecule has 0 saturated heterocycles. The average molecular weight is 390 g/mol. The van der Waals surface area contributed by atoms with Crippen molar-refractivity contribution in [2.24, 2.45) is 0 Å². The number of nitrogens with zero attached hydrogens (tertiary/aromatic N) is 2. The van der Waals surface area contributed by atoms with Gasteiger partial charge in [0.05, 0.1) is 11.6 Å². The van der Waals surface area contributed by atoms with E-state index < -0.39 is 0 Å². The second-order valence-electron chi connectivity index (χ2n) is 6.82. The van der Waals surface area contributed by atoms with Gasteiger partial charge in [-0.15, -0.1) is 0 Å². The fraction of sp³-hybridized carbons (Fsp3) is 0.167. The molecular weight excluding hydrogens is 370 g/mol. The summed E-state index contributed by atoms with van der Waals surface area (Å²) >= 11 is 0. The van der Waals surface area contributed by atoms with Crippen LogP contribution in [-0.4, -0.2) is 10.8 Å². The summed E-state index contributed by atoms with van der Waals surface area (Å²) in [6, 6.07) is 21.4. The molecule has 0 fully saturated rings. The Morgan fingerprint density at radius 3 is 2.03 bits per heavy atom. The molecule has 0 radical (unpaired) electrons. The van der Waals surface area contributed by atoms with E-state index >= 15 is 0 Å². The second kappa shape index (κ2) is 9.61. The Kier molecular flexibility index (Phi) is 6.70. The van der Waals surface area contributed by atoms with Crippen LogP contribution in [-0.2, 0) is 24.3 Å². The lowest BCUT2D eigenvalue weighted by atomic mass is 10.1. The average Bonchev–Trinajstić information content (AvgIpc) is 2.72. The Balaban J connectivity index is 1.74. The van der Waals surface area contributed by atoms with E-state index in [-0.39, 0.29) is 30.5 Å². The van der Waals surface area contributed by atoms with Crippen LogP contribution in [0.2, 0.25) is 0 Å². The summed E-state index contributed by atoms with van der Waals surface area (Å²) in [4.78, 5) is 14.6. The lowest BCUT2D eigenvalue weighted by molar-refractivity contribution is -0.132. The summed E-state index contributed by atoms with van der Waals surface area (Å²) in [5.41, 5.74) is 2.86. The molecule has 3 aromatic carbocycles.